The van der Waals surface area contributed by atoms with Crippen LogP contribution in [0.25, 0.3) is 5.69 Å². The fourth-order valence-electron chi connectivity index (χ4n) is 2.86. The van der Waals surface area contributed by atoms with Crippen molar-refractivity contribution in [3.63, 3.8) is 0 Å². The molecule has 100 valence electrons. The first kappa shape index (κ1) is 11.7. The zero-order chi connectivity index (χ0) is 13.5. The summed E-state index contributed by atoms with van der Waals surface area (Å²) >= 11 is 5.65. The van der Waals surface area contributed by atoms with E-state index in [0.29, 0.717) is 6.61 Å². The lowest BCUT2D eigenvalue weighted by molar-refractivity contribution is 0.337. The molecule has 1 aromatic carbocycles. The fraction of sp³-hybridized carbons (Fsp3) is 0.188. The third-order valence-corrected chi connectivity index (χ3v) is 4.28. The minimum atomic E-state index is 0.710. The maximum absolute atomic E-state index is 5.86. The van der Waals surface area contributed by atoms with E-state index < -0.39 is 0 Å². The Hall–Kier alpha value is -2.07. The normalized spacial score (nSPS) is 15.2. The number of anilines is 1. The van der Waals surface area contributed by atoms with Crippen molar-refractivity contribution < 1.29 is 4.74 Å². The standard InChI is InChI=1S/C16H14N2OS/c20-14-12-7-4-9-17-15(12)18(11-5-2-1-3-6-11)16-13(14)8-10-19-16/h1-6,9,17H,7-8,10H2. The van der Waals surface area contributed by atoms with Crippen LogP contribution in [0.1, 0.15) is 11.1 Å². The van der Waals surface area contributed by atoms with E-state index in [9.17, 15) is 0 Å². The van der Waals surface area contributed by atoms with Crippen LogP contribution in [0.3, 0.4) is 0 Å². The van der Waals surface area contributed by atoms with Gasteiger partial charge < -0.3 is 10.1 Å². The van der Waals surface area contributed by atoms with Crippen LogP contribution < -0.4 is 10.1 Å². The third-order valence-electron chi connectivity index (χ3n) is 3.78. The summed E-state index contributed by atoms with van der Waals surface area (Å²) in [6, 6.07) is 10.3. The summed E-state index contributed by atoms with van der Waals surface area (Å²) in [5.74, 6) is 1.92. The van der Waals surface area contributed by atoms with Crippen LogP contribution in [0.4, 0.5) is 5.82 Å². The van der Waals surface area contributed by atoms with Crippen LogP contribution in [0.2, 0.25) is 0 Å². The molecule has 0 fully saturated rings. The lowest BCUT2D eigenvalue weighted by Gasteiger charge is -2.23. The van der Waals surface area contributed by atoms with Gasteiger partial charge in [0.2, 0.25) is 5.88 Å². The van der Waals surface area contributed by atoms with Crippen LogP contribution in [-0.2, 0) is 12.8 Å². The highest BCUT2D eigenvalue weighted by Crippen LogP contribution is 2.37. The average Bonchev–Trinajstić information content (AvgIpc) is 2.98. The maximum atomic E-state index is 5.86. The second kappa shape index (κ2) is 4.49. The SMILES string of the molecule is S=c1c2c(n(-c3ccccc3)c3c1CCO3)NC=CC2. The largest absolute Gasteiger partial charge is 0.478 e. The molecule has 4 rings (SSSR count). The predicted molar refractivity (Wildman–Crippen MR) is 82.3 cm³/mol. The smallest absolute Gasteiger partial charge is 0.204 e. The molecular formula is C16H14N2OS. The average molecular weight is 282 g/mol. The molecule has 0 aliphatic carbocycles. The second-order valence-electron chi connectivity index (χ2n) is 4.96. The third kappa shape index (κ3) is 1.61. The number of benzene rings is 1. The number of ether oxygens (including phenoxy) is 1. The van der Waals surface area contributed by atoms with Gasteiger partial charge >= 0.3 is 0 Å². The van der Waals surface area contributed by atoms with Gasteiger partial charge in [-0.15, -0.1) is 0 Å². The maximum Gasteiger partial charge on any atom is 0.204 e. The van der Waals surface area contributed by atoms with Gasteiger partial charge in [-0.3, -0.25) is 4.57 Å². The molecule has 0 spiro atoms. The molecule has 3 heterocycles. The summed E-state index contributed by atoms with van der Waals surface area (Å²) in [6.07, 6.45) is 5.85. The van der Waals surface area contributed by atoms with Gasteiger partial charge in [0.05, 0.1) is 16.8 Å². The van der Waals surface area contributed by atoms with Crippen LogP contribution in [0.15, 0.2) is 42.6 Å². The number of rotatable bonds is 1. The highest BCUT2D eigenvalue weighted by molar-refractivity contribution is 7.71. The predicted octanol–water partition coefficient (Wildman–Crippen LogP) is 3.62. The molecule has 2 aromatic rings. The van der Waals surface area contributed by atoms with Crippen LogP contribution >= 0.6 is 12.2 Å². The van der Waals surface area contributed by atoms with E-state index in [1.807, 2.05) is 24.4 Å². The van der Waals surface area contributed by atoms with Crippen LogP contribution in [-0.4, -0.2) is 11.2 Å². The first-order valence-electron chi connectivity index (χ1n) is 6.77. The summed E-state index contributed by atoms with van der Waals surface area (Å²) in [5, 5.41) is 3.34. The van der Waals surface area contributed by atoms with Gasteiger partial charge in [-0.05, 0) is 24.8 Å². The van der Waals surface area contributed by atoms with Gasteiger partial charge in [0, 0.05) is 17.5 Å². The summed E-state index contributed by atoms with van der Waals surface area (Å²) in [7, 11) is 0. The number of hydrogen-bond acceptors (Lipinski definition) is 3. The number of aromatic nitrogens is 1. The van der Waals surface area contributed by atoms with E-state index >= 15 is 0 Å². The van der Waals surface area contributed by atoms with E-state index in [1.54, 1.807) is 0 Å². The first-order chi connectivity index (χ1) is 9.86. The van der Waals surface area contributed by atoms with Crippen molar-refractivity contribution >= 4 is 18.0 Å². The summed E-state index contributed by atoms with van der Waals surface area (Å²) in [4.78, 5) is 0. The van der Waals surface area contributed by atoms with Crippen molar-refractivity contribution in [1.82, 2.24) is 4.57 Å². The van der Waals surface area contributed by atoms with E-state index in [-0.39, 0.29) is 0 Å². The number of fused-ring (bicyclic) bond motifs is 2. The fourth-order valence-corrected chi connectivity index (χ4v) is 3.23. The van der Waals surface area contributed by atoms with E-state index in [0.717, 1.165) is 34.7 Å². The zero-order valence-electron chi connectivity index (χ0n) is 10.9. The molecule has 0 unspecified atom stereocenters. The molecule has 2 aliphatic heterocycles. The Bertz CT molecular complexity index is 762. The number of nitrogens with one attached hydrogen (secondary N) is 1. The van der Waals surface area contributed by atoms with Crippen molar-refractivity contribution in [3.8, 4) is 11.6 Å². The Labute approximate surface area is 122 Å². The van der Waals surface area contributed by atoms with Gasteiger partial charge in [-0.25, -0.2) is 0 Å². The molecule has 0 atom stereocenters. The second-order valence-corrected chi connectivity index (χ2v) is 5.37. The van der Waals surface area contributed by atoms with Crippen molar-refractivity contribution in [2.24, 2.45) is 0 Å². The van der Waals surface area contributed by atoms with E-state index in [1.165, 1.54) is 11.1 Å². The quantitative estimate of drug-likeness (QED) is 0.809. The Morgan fingerprint density at radius 2 is 2.00 bits per heavy atom. The lowest BCUT2D eigenvalue weighted by atomic mass is 10.1. The Morgan fingerprint density at radius 3 is 2.85 bits per heavy atom. The molecule has 0 saturated carbocycles. The monoisotopic (exact) mass is 282 g/mol. The molecule has 0 amide bonds. The molecule has 0 saturated heterocycles. The van der Waals surface area contributed by atoms with Gasteiger partial charge in [0.15, 0.2) is 0 Å². The van der Waals surface area contributed by atoms with Gasteiger partial charge in [0.25, 0.3) is 0 Å². The summed E-state index contributed by atoms with van der Waals surface area (Å²) in [5.41, 5.74) is 3.45. The van der Waals surface area contributed by atoms with E-state index in [2.05, 4.69) is 28.1 Å². The summed E-state index contributed by atoms with van der Waals surface area (Å²) in [6.45, 7) is 0.710. The van der Waals surface area contributed by atoms with Gasteiger partial charge in [-0.2, -0.15) is 0 Å². The van der Waals surface area contributed by atoms with Crippen molar-refractivity contribution in [2.75, 3.05) is 11.9 Å². The molecule has 3 nitrogen and oxygen atoms in total. The number of allylic oxidation sites excluding steroid dienone is 1. The minimum absolute atomic E-state index is 0.710. The van der Waals surface area contributed by atoms with Crippen molar-refractivity contribution in [1.29, 1.82) is 0 Å². The van der Waals surface area contributed by atoms with Gasteiger partial charge in [-0.1, -0.05) is 36.5 Å². The molecule has 0 bridgehead atoms. The molecule has 20 heavy (non-hydrogen) atoms. The minimum Gasteiger partial charge on any atom is -0.478 e. The van der Waals surface area contributed by atoms with Crippen LogP contribution in [0.5, 0.6) is 5.88 Å². The Kier molecular flexibility index (Phi) is 2.63. The highest BCUT2D eigenvalue weighted by atomic mass is 32.1. The molecule has 1 aromatic heterocycles. The zero-order valence-corrected chi connectivity index (χ0v) is 11.7. The van der Waals surface area contributed by atoms with Crippen LogP contribution in [0, 0.1) is 4.51 Å². The number of pyridine rings is 1. The molecule has 1 N–H and O–H groups in total. The number of hydrogen-bond donors (Lipinski definition) is 1. The van der Waals surface area contributed by atoms with Crippen molar-refractivity contribution in [3.05, 3.63) is 58.2 Å². The highest BCUT2D eigenvalue weighted by Gasteiger charge is 2.25. The molecular weight excluding hydrogens is 268 g/mol. The lowest BCUT2D eigenvalue weighted by Crippen LogP contribution is -2.13. The Balaban J connectivity index is 2.08. The first-order valence-corrected chi connectivity index (χ1v) is 7.17. The summed E-state index contributed by atoms with van der Waals surface area (Å²) < 4.78 is 8.97. The van der Waals surface area contributed by atoms with Crippen molar-refractivity contribution in [2.45, 2.75) is 12.8 Å². The number of para-hydroxylation sites is 1. The topological polar surface area (TPSA) is 26.2 Å². The van der Waals surface area contributed by atoms with E-state index in [4.69, 9.17) is 17.0 Å². The molecule has 4 heteroatoms. The molecule has 0 radical (unpaired) electrons. The molecule has 2 aliphatic rings. The Morgan fingerprint density at radius 1 is 1.15 bits per heavy atom. The van der Waals surface area contributed by atoms with Gasteiger partial charge in [0.1, 0.15) is 5.82 Å². The number of nitrogens with zero attached hydrogens (tertiary/aromatic N) is 1.